The number of thioether (sulfide) groups is 1. The smallest absolute Gasteiger partial charge is 0.340 e. The number of nitrogens with one attached hydrogen (secondary N) is 1. The summed E-state index contributed by atoms with van der Waals surface area (Å²) in [7, 11) is 0. The molecule has 1 amide bonds. The van der Waals surface area contributed by atoms with E-state index in [1.807, 2.05) is 30.3 Å². The lowest BCUT2D eigenvalue weighted by Gasteiger charge is -2.09. The summed E-state index contributed by atoms with van der Waals surface area (Å²) in [5, 5.41) is 13.3. The third kappa shape index (κ3) is 6.25. The Balaban J connectivity index is 1.91. The Morgan fingerprint density at radius 3 is 2.68 bits per heavy atom. The molecule has 1 N–H and O–H groups in total. The highest BCUT2D eigenvalue weighted by Crippen LogP contribution is 2.23. The molecular formula is C20H20ClN3O3S. The summed E-state index contributed by atoms with van der Waals surface area (Å²) in [5.41, 5.74) is 2.04. The standard InChI is InChI=1S/C20H20ClN3O3S/c1-3-27-20(26)17-10-15(11-22)19(24-13(17)2)28-12-18(25)23-9-8-14-4-6-16(21)7-5-14/h4-7,10H,3,8-9,12H2,1-2H3,(H,23,25). The Morgan fingerprint density at radius 2 is 2.04 bits per heavy atom. The van der Waals surface area contributed by atoms with Crippen LogP contribution in [0, 0.1) is 18.3 Å². The minimum atomic E-state index is -0.513. The summed E-state index contributed by atoms with van der Waals surface area (Å²) >= 11 is 7.01. The van der Waals surface area contributed by atoms with Gasteiger partial charge in [0.1, 0.15) is 11.1 Å². The molecule has 2 aromatic rings. The van der Waals surface area contributed by atoms with E-state index in [-0.39, 0.29) is 29.4 Å². The van der Waals surface area contributed by atoms with Crippen molar-refractivity contribution < 1.29 is 14.3 Å². The number of ether oxygens (including phenoxy) is 1. The predicted molar refractivity (Wildman–Crippen MR) is 109 cm³/mol. The van der Waals surface area contributed by atoms with Crippen molar-refractivity contribution in [3.63, 3.8) is 0 Å². The molecule has 0 aliphatic rings. The van der Waals surface area contributed by atoms with Gasteiger partial charge in [-0.25, -0.2) is 9.78 Å². The van der Waals surface area contributed by atoms with E-state index in [1.54, 1.807) is 13.8 Å². The highest BCUT2D eigenvalue weighted by molar-refractivity contribution is 8.00. The molecule has 146 valence electrons. The van der Waals surface area contributed by atoms with Crippen molar-refractivity contribution in [2.24, 2.45) is 0 Å². The Bertz CT molecular complexity index is 895. The van der Waals surface area contributed by atoms with Crippen LogP contribution in [0.25, 0.3) is 0 Å². The maximum Gasteiger partial charge on any atom is 0.340 e. The first-order valence-electron chi connectivity index (χ1n) is 8.67. The van der Waals surface area contributed by atoms with Crippen LogP contribution in [0.3, 0.4) is 0 Å². The van der Waals surface area contributed by atoms with Gasteiger partial charge in [0.2, 0.25) is 5.91 Å². The molecule has 6 nitrogen and oxygen atoms in total. The molecule has 0 saturated carbocycles. The Morgan fingerprint density at radius 1 is 1.32 bits per heavy atom. The number of carbonyl (C=O) groups excluding carboxylic acids is 2. The number of pyridine rings is 1. The van der Waals surface area contributed by atoms with E-state index >= 15 is 0 Å². The van der Waals surface area contributed by atoms with Gasteiger partial charge >= 0.3 is 5.97 Å². The average molecular weight is 418 g/mol. The zero-order valence-electron chi connectivity index (χ0n) is 15.6. The number of rotatable bonds is 8. The second-order valence-corrected chi connectivity index (χ2v) is 7.22. The molecule has 1 heterocycles. The highest BCUT2D eigenvalue weighted by atomic mass is 35.5. The van der Waals surface area contributed by atoms with Crippen LogP contribution in [-0.2, 0) is 16.0 Å². The number of hydrogen-bond acceptors (Lipinski definition) is 6. The van der Waals surface area contributed by atoms with E-state index in [1.165, 1.54) is 6.07 Å². The molecule has 0 unspecified atom stereocenters. The second kappa shape index (κ2) is 10.7. The SMILES string of the molecule is CCOC(=O)c1cc(C#N)c(SCC(=O)NCCc2ccc(Cl)cc2)nc1C. The number of amides is 1. The predicted octanol–water partition coefficient (Wildman–Crippen LogP) is 3.54. The number of nitriles is 1. The van der Waals surface area contributed by atoms with Crippen molar-refractivity contribution in [1.29, 1.82) is 5.26 Å². The highest BCUT2D eigenvalue weighted by Gasteiger charge is 2.17. The fourth-order valence-corrected chi connectivity index (χ4v) is 3.33. The third-order valence-electron chi connectivity index (χ3n) is 3.78. The van der Waals surface area contributed by atoms with Crippen molar-refractivity contribution in [3.05, 3.63) is 57.7 Å². The first kappa shape index (κ1) is 21.7. The maximum absolute atomic E-state index is 12.1. The van der Waals surface area contributed by atoms with Gasteiger partial charge in [0.25, 0.3) is 0 Å². The molecular weight excluding hydrogens is 398 g/mol. The molecule has 0 saturated heterocycles. The molecule has 1 aromatic heterocycles. The van der Waals surface area contributed by atoms with Crippen LogP contribution >= 0.6 is 23.4 Å². The van der Waals surface area contributed by atoms with Crippen LogP contribution in [-0.4, -0.2) is 35.8 Å². The molecule has 0 aliphatic carbocycles. The number of nitrogens with zero attached hydrogens (tertiary/aromatic N) is 2. The lowest BCUT2D eigenvalue weighted by molar-refractivity contribution is -0.118. The summed E-state index contributed by atoms with van der Waals surface area (Å²) in [4.78, 5) is 28.3. The molecule has 0 bridgehead atoms. The summed E-state index contributed by atoms with van der Waals surface area (Å²) in [6, 6.07) is 10.9. The molecule has 28 heavy (non-hydrogen) atoms. The summed E-state index contributed by atoms with van der Waals surface area (Å²) in [5.74, 6) is -0.544. The van der Waals surface area contributed by atoms with Gasteiger partial charge < -0.3 is 10.1 Å². The number of aryl methyl sites for hydroxylation is 1. The third-order valence-corrected chi connectivity index (χ3v) is 5.03. The van der Waals surface area contributed by atoms with Crippen LogP contribution in [0.5, 0.6) is 0 Å². The van der Waals surface area contributed by atoms with Crippen LogP contribution in [0.15, 0.2) is 35.4 Å². The Hall–Kier alpha value is -2.56. The molecule has 1 aromatic carbocycles. The van der Waals surface area contributed by atoms with Gasteiger partial charge in [0.15, 0.2) is 0 Å². The fourth-order valence-electron chi connectivity index (χ4n) is 2.37. The fraction of sp³-hybridized carbons (Fsp3) is 0.300. The van der Waals surface area contributed by atoms with E-state index in [0.29, 0.717) is 28.7 Å². The normalized spacial score (nSPS) is 10.2. The molecule has 0 fully saturated rings. The Labute approximate surface area is 173 Å². The van der Waals surface area contributed by atoms with Gasteiger partial charge in [-0.1, -0.05) is 35.5 Å². The molecule has 0 radical (unpaired) electrons. The molecule has 0 spiro atoms. The number of esters is 1. The van der Waals surface area contributed by atoms with E-state index in [0.717, 1.165) is 17.3 Å². The second-order valence-electron chi connectivity index (χ2n) is 5.82. The topological polar surface area (TPSA) is 92.1 Å². The van der Waals surface area contributed by atoms with Crippen LogP contribution in [0.4, 0.5) is 0 Å². The van der Waals surface area contributed by atoms with E-state index < -0.39 is 5.97 Å². The van der Waals surface area contributed by atoms with Crippen LogP contribution in [0.2, 0.25) is 5.02 Å². The van der Waals surface area contributed by atoms with Gasteiger partial charge in [-0.05, 0) is 44.0 Å². The minimum Gasteiger partial charge on any atom is -0.462 e. The maximum atomic E-state index is 12.1. The van der Waals surface area contributed by atoms with Gasteiger partial charge in [-0.15, -0.1) is 0 Å². The number of hydrogen-bond donors (Lipinski definition) is 1. The zero-order valence-corrected chi connectivity index (χ0v) is 17.2. The van der Waals surface area contributed by atoms with Gasteiger partial charge in [-0.2, -0.15) is 5.26 Å². The Kier molecular flexibility index (Phi) is 8.30. The summed E-state index contributed by atoms with van der Waals surface area (Å²) < 4.78 is 4.97. The van der Waals surface area contributed by atoms with E-state index in [2.05, 4.69) is 10.3 Å². The summed E-state index contributed by atoms with van der Waals surface area (Å²) in [6.45, 7) is 4.12. The lowest BCUT2D eigenvalue weighted by Crippen LogP contribution is -2.27. The molecule has 0 atom stereocenters. The van der Waals surface area contributed by atoms with Gasteiger partial charge in [0, 0.05) is 11.6 Å². The molecule has 2 rings (SSSR count). The van der Waals surface area contributed by atoms with Crippen molar-refractivity contribution >= 4 is 35.2 Å². The number of carbonyl (C=O) groups is 2. The first-order chi connectivity index (χ1) is 13.4. The monoisotopic (exact) mass is 417 g/mol. The average Bonchev–Trinajstić information content (AvgIpc) is 2.68. The van der Waals surface area contributed by atoms with Crippen molar-refractivity contribution in [2.75, 3.05) is 18.9 Å². The quantitative estimate of drug-likeness (QED) is 0.521. The van der Waals surface area contributed by atoms with E-state index in [4.69, 9.17) is 16.3 Å². The largest absolute Gasteiger partial charge is 0.462 e. The molecule has 0 aliphatic heterocycles. The van der Waals surface area contributed by atoms with Crippen molar-refractivity contribution in [3.8, 4) is 6.07 Å². The number of aromatic nitrogens is 1. The van der Waals surface area contributed by atoms with Crippen LogP contribution in [0.1, 0.15) is 34.1 Å². The van der Waals surface area contributed by atoms with Gasteiger partial charge in [0.05, 0.1) is 29.2 Å². The van der Waals surface area contributed by atoms with E-state index in [9.17, 15) is 14.9 Å². The van der Waals surface area contributed by atoms with Crippen molar-refractivity contribution in [1.82, 2.24) is 10.3 Å². The summed E-state index contributed by atoms with van der Waals surface area (Å²) in [6.07, 6.45) is 0.697. The first-order valence-corrected chi connectivity index (χ1v) is 10.0. The number of benzene rings is 1. The van der Waals surface area contributed by atoms with Crippen molar-refractivity contribution in [2.45, 2.75) is 25.3 Å². The minimum absolute atomic E-state index is 0.125. The van der Waals surface area contributed by atoms with Crippen LogP contribution < -0.4 is 5.32 Å². The molecule has 8 heteroatoms. The number of halogens is 1. The zero-order chi connectivity index (χ0) is 20.5. The van der Waals surface area contributed by atoms with Gasteiger partial charge in [-0.3, -0.25) is 4.79 Å². The lowest BCUT2D eigenvalue weighted by atomic mass is 10.1.